The van der Waals surface area contributed by atoms with Crippen molar-refractivity contribution < 1.29 is 17.6 Å². The van der Waals surface area contributed by atoms with Crippen LogP contribution in [0.15, 0.2) is 53.4 Å². The number of halogens is 1. The summed E-state index contributed by atoms with van der Waals surface area (Å²) >= 11 is 0. The van der Waals surface area contributed by atoms with E-state index in [-0.39, 0.29) is 29.1 Å². The first kappa shape index (κ1) is 23.7. The van der Waals surface area contributed by atoms with E-state index in [1.165, 1.54) is 12.1 Å². The minimum absolute atomic E-state index is 0.0279. The van der Waals surface area contributed by atoms with Gasteiger partial charge in [-0.1, -0.05) is 17.7 Å². The lowest BCUT2D eigenvalue weighted by Crippen LogP contribution is -2.44. The molecule has 1 amide bonds. The van der Waals surface area contributed by atoms with E-state index in [1.54, 1.807) is 46.0 Å². The van der Waals surface area contributed by atoms with E-state index in [0.717, 1.165) is 54.6 Å². The molecule has 1 N–H and O–H groups in total. The van der Waals surface area contributed by atoms with Gasteiger partial charge in [0, 0.05) is 30.9 Å². The molecule has 1 saturated heterocycles. The van der Waals surface area contributed by atoms with Crippen molar-refractivity contribution in [2.45, 2.75) is 43.9 Å². The Labute approximate surface area is 205 Å². The fourth-order valence-corrected chi connectivity index (χ4v) is 6.12. The van der Waals surface area contributed by atoms with E-state index in [2.05, 4.69) is 9.82 Å². The highest BCUT2D eigenvalue weighted by atomic mass is 32.2. The van der Waals surface area contributed by atoms with E-state index in [4.69, 9.17) is 0 Å². The van der Waals surface area contributed by atoms with E-state index < -0.39 is 10.0 Å². The van der Waals surface area contributed by atoms with Crippen molar-refractivity contribution >= 4 is 15.9 Å². The number of piperidine rings is 1. The molecule has 1 unspecified atom stereocenters. The molecule has 0 saturated carbocycles. The van der Waals surface area contributed by atoms with Gasteiger partial charge in [-0.2, -0.15) is 5.10 Å². The summed E-state index contributed by atoms with van der Waals surface area (Å²) in [6.07, 6.45) is 4.24. The maximum atomic E-state index is 13.5. The van der Waals surface area contributed by atoms with Crippen molar-refractivity contribution in [3.05, 3.63) is 76.9 Å². The lowest BCUT2D eigenvalue weighted by atomic mass is 9.98. The van der Waals surface area contributed by atoms with Gasteiger partial charge in [0.25, 0.3) is 5.91 Å². The molecular weight excluding hydrogens is 467 g/mol. The van der Waals surface area contributed by atoms with E-state index >= 15 is 0 Å². The van der Waals surface area contributed by atoms with Gasteiger partial charge in [-0.3, -0.25) is 4.79 Å². The summed E-state index contributed by atoms with van der Waals surface area (Å²) in [7, 11) is -3.60. The van der Waals surface area contributed by atoms with Gasteiger partial charge in [0.1, 0.15) is 5.82 Å². The summed E-state index contributed by atoms with van der Waals surface area (Å²) in [6.45, 7) is 3.29. The smallest absolute Gasteiger partial charge is 0.274 e. The molecule has 2 aromatic carbocycles. The third kappa shape index (κ3) is 4.88. The van der Waals surface area contributed by atoms with Crippen LogP contribution in [0.4, 0.5) is 4.39 Å². The number of nitrogens with one attached hydrogen (secondary N) is 1. The average Bonchev–Trinajstić information content (AvgIpc) is 3.47. The Morgan fingerprint density at radius 3 is 2.57 bits per heavy atom. The SMILES string of the molecule is Cc1ccc(S(=O)(=O)NCC2CCCN(C(=O)c3nn(-c4ccc(F)cc4)c4c3CCC4)C2)cc1. The zero-order valence-corrected chi connectivity index (χ0v) is 20.5. The van der Waals surface area contributed by atoms with Crippen LogP contribution in [0.2, 0.25) is 0 Å². The van der Waals surface area contributed by atoms with Crippen molar-refractivity contribution in [3.63, 3.8) is 0 Å². The number of nitrogens with zero attached hydrogens (tertiary/aromatic N) is 3. The van der Waals surface area contributed by atoms with Gasteiger partial charge in [0.05, 0.1) is 10.6 Å². The number of carbonyl (C=O) groups is 1. The highest BCUT2D eigenvalue weighted by Gasteiger charge is 2.32. The van der Waals surface area contributed by atoms with Gasteiger partial charge in [-0.25, -0.2) is 22.2 Å². The van der Waals surface area contributed by atoms with Crippen LogP contribution in [-0.4, -0.2) is 48.6 Å². The number of hydrogen-bond acceptors (Lipinski definition) is 4. The van der Waals surface area contributed by atoms with Gasteiger partial charge in [-0.15, -0.1) is 0 Å². The van der Waals surface area contributed by atoms with Crippen LogP contribution in [0.5, 0.6) is 0 Å². The summed E-state index contributed by atoms with van der Waals surface area (Å²) in [5, 5.41) is 4.66. The molecular formula is C26H29FN4O3S. The fourth-order valence-electron chi connectivity index (χ4n) is 5.00. The molecule has 7 nitrogen and oxygen atoms in total. The Morgan fingerprint density at radius 2 is 1.83 bits per heavy atom. The van der Waals surface area contributed by atoms with Crippen LogP contribution < -0.4 is 4.72 Å². The van der Waals surface area contributed by atoms with Crippen LogP contribution in [-0.2, 0) is 22.9 Å². The Hall–Kier alpha value is -3.04. The molecule has 1 aromatic heterocycles. The Bertz CT molecular complexity index is 1330. The molecule has 35 heavy (non-hydrogen) atoms. The molecule has 3 aromatic rings. The van der Waals surface area contributed by atoms with Crippen LogP contribution in [0.1, 0.15) is 46.6 Å². The zero-order chi connectivity index (χ0) is 24.6. The zero-order valence-electron chi connectivity index (χ0n) is 19.7. The fraction of sp³-hybridized carbons (Fsp3) is 0.385. The van der Waals surface area contributed by atoms with Crippen molar-refractivity contribution in [3.8, 4) is 5.69 Å². The number of likely N-dealkylation sites (tertiary alicyclic amines) is 1. The Morgan fingerprint density at radius 1 is 1.09 bits per heavy atom. The van der Waals surface area contributed by atoms with E-state index in [9.17, 15) is 17.6 Å². The molecule has 1 aliphatic carbocycles. The second-order valence-corrected chi connectivity index (χ2v) is 11.2. The standard InChI is InChI=1S/C26H29FN4O3S/c1-18-7-13-22(14-8-18)35(33,34)28-16-19-4-3-15-30(17-19)26(32)25-23-5-2-6-24(23)31(29-25)21-11-9-20(27)10-12-21/h7-14,19,28H,2-6,15-17H2,1H3. The van der Waals surface area contributed by atoms with Crippen molar-refractivity contribution in [2.75, 3.05) is 19.6 Å². The second kappa shape index (κ2) is 9.54. The van der Waals surface area contributed by atoms with Gasteiger partial charge in [0.2, 0.25) is 10.0 Å². The quantitative estimate of drug-likeness (QED) is 0.565. The summed E-state index contributed by atoms with van der Waals surface area (Å²) in [4.78, 5) is 15.5. The van der Waals surface area contributed by atoms with Crippen LogP contribution in [0.3, 0.4) is 0 Å². The van der Waals surface area contributed by atoms with E-state index in [1.807, 2.05) is 6.92 Å². The number of amides is 1. The number of benzene rings is 2. The molecule has 5 rings (SSSR count). The molecule has 1 fully saturated rings. The van der Waals surface area contributed by atoms with Crippen LogP contribution in [0.25, 0.3) is 5.69 Å². The lowest BCUT2D eigenvalue weighted by molar-refractivity contribution is 0.0669. The number of hydrogen-bond donors (Lipinski definition) is 1. The van der Waals surface area contributed by atoms with Gasteiger partial charge >= 0.3 is 0 Å². The summed E-state index contributed by atoms with van der Waals surface area (Å²) in [5.74, 6) is -0.401. The minimum atomic E-state index is -3.60. The summed E-state index contributed by atoms with van der Waals surface area (Å²) in [5.41, 5.74) is 4.19. The molecule has 1 aliphatic heterocycles. The first-order chi connectivity index (χ1) is 16.8. The number of fused-ring (bicyclic) bond motifs is 1. The molecule has 2 aliphatic rings. The minimum Gasteiger partial charge on any atom is -0.337 e. The van der Waals surface area contributed by atoms with Crippen molar-refractivity contribution in [1.82, 2.24) is 19.4 Å². The van der Waals surface area contributed by atoms with Gasteiger partial charge < -0.3 is 4.90 Å². The molecule has 1 atom stereocenters. The topological polar surface area (TPSA) is 84.3 Å². The number of aryl methyl sites for hydroxylation is 1. The average molecular weight is 497 g/mol. The largest absolute Gasteiger partial charge is 0.337 e. The molecule has 0 radical (unpaired) electrons. The second-order valence-electron chi connectivity index (χ2n) is 9.44. The Balaban J connectivity index is 1.29. The maximum absolute atomic E-state index is 13.5. The summed E-state index contributed by atoms with van der Waals surface area (Å²) < 4.78 is 43.3. The predicted molar refractivity (Wildman–Crippen MR) is 131 cm³/mol. The molecule has 0 spiro atoms. The van der Waals surface area contributed by atoms with Gasteiger partial charge in [-0.05, 0) is 81.3 Å². The summed E-state index contributed by atoms with van der Waals surface area (Å²) in [6, 6.07) is 12.9. The third-order valence-corrected chi connectivity index (χ3v) is 8.34. The normalized spacial score (nSPS) is 18.0. The molecule has 9 heteroatoms. The van der Waals surface area contributed by atoms with Gasteiger partial charge in [0.15, 0.2) is 5.69 Å². The monoisotopic (exact) mass is 496 g/mol. The Kier molecular flexibility index (Phi) is 6.46. The van der Waals surface area contributed by atoms with Crippen molar-refractivity contribution in [2.24, 2.45) is 5.92 Å². The lowest BCUT2D eigenvalue weighted by Gasteiger charge is -2.32. The third-order valence-electron chi connectivity index (χ3n) is 6.90. The highest BCUT2D eigenvalue weighted by molar-refractivity contribution is 7.89. The first-order valence-corrected chi connectivity index (χ1v) is 13.5. The maximum Gasteiger partial charge on any atom is 0.274 e. The van der Waals surface area contributed by atoms with E-state index in [0.29, 0.717) is 18.8 Å². The number of rotatable bonds is 6. The number of sulfonamides is 1. The predicted octanol–water partition coefficient (Wildman–Crippen LogP) is 3.64. The molecule has 2 heterocycles. The van der Waals surface area contributed by atoms with Crippen LogP contribution >= 0.6 is 0 Å². The highest BCUT2D eigenvalue weighted by Crippen LogP contribution is 2.29. The molecule has 184 valence electrons. The first-order valence-electron chi connectivity index (χ1n) is 12.0. The van der Waals surface area contributed by atoms with Crippen molar-refractivity contribution in [1.29, 1.82) is 0 Å². The number of carbonyl (C=O) groups excluding carboxylic acids is 1. The molecule has 0 bridgehead atoms. The van der Waals surface area contributed by atoms with Crippen LogP contribution in [0, 0.1) is 18.7 Å². The number of aromatic nitrogens is 2.